The number of hydrogen-bond donors (Lipinski definition) is 2. The Morgan fingerprint density at radius 1 is 1.19 bits per heavy atom. The predicted molar refractivity (Wildman–Crippen MR) is 94.4 cm³/mol. The Kier molecular flexibility index (Phi) is 6.43. The van der Waals surface area contributed by atoms with E-state index in [0.29, 0.717) is 23.5 Å². The second-order valence-electron chi connectivity index (χ2n) is 6.34. The van der Waals surface area contributed by atoms with Gasteiger partial charge >= 0.3 is 0 Å². The summed E-state index contributed by atoms with van der Waals surface area (Å²) < 4.78 is 15.8. The van der Waals surface area contributed by atoms with Crippen LogP contribution >= 0.6 is 0 Å². The molecule has 0 bridgehead atoms. The van der Waals surface area contributed by atoms with Gasteiger partial charge < -0.3 is 19.5 Å². The first-order valence-corrected chi connectivity index (χ1v) is 8.87. The van der Waals surface area contributed by atoms with Crippen LogP contribution in [-0.4, -0.2) is 68.9 Å². The lowest BCUT2D eigenvalue weighted by molar-refractivity contribution is -0.121. The fraction of sp³-hybridized carbons (Fsp3) is 0.556. The molecule has 2 aliphatic rings. The van der Waals surface area contributed by atoms with Gasteiger partial charge in [0, 0.05) is 31.6 Å². The van der Waals surface area contributed by atoms with Gasteiger partial charge in [-0.25, -0.2) is 0 Å². The molecule has 1 aromatic carbocycles. The highest BCUT2D eigenvalue weighted by Gasteiger charge is 2.20. The van der Waals surface area contributed by atoms with E-state index in [1.807, 2.05) is 0 Å². The molecule has 142 valence electrons. The fourth-order valence-electron chi connectivity index (χ4n) is 2.87. The van der Waals surface area contributed by atoms with Crippen LogP contribution in [0.15, 0.2) is 18.2 Å². The quantitative estimate of drug-likeness (QED) is 0.510. The van der Waals surface area contributed by atoms with Gasteiger partial charge in [0.25, 0.3) is 0 Å². The zero-order valence-corrected chi connectivity index (χ0v) is 15.0. The predicted octanol–water partition coefficient (Wildman–Crippen LogP) is 0.372. The second-order valence-corrected chi connectivity index (χ2v) is 6.34. The molecule has 0 aliphatic carbocycles. The molecular weight excluding hydrogens is 338 g/mol. The van der Waals surface area contributed by atoms with Crippen LogP contribution in [0.2, 0.25) is 0 Å². The number of ketones is 1. The van der Waals surface area contributed by atoms with Crippen molar-refractivity contribution in [2.45, 2.75) is 19.4 Å². The van der Waals surface area contributed by atoms with Crippen molar-refractivity contribution in [1.82, 2.24) is 15.5 Å². The molecule has 1 fully saturated rings. The number of ether oxygens (including phenoxy) is 3. The van der Waals surface area contributed by atoms with Crippen molar-refractivity contribution >= 4 is 11.7 Å². The molecule has 2 N–H and O–H groups in total. The molecular formula is C18H25N3O5. The van der Waals surface area contributed by atoms with E-state index in [9.17, 15) is 9.59 Å². The number of nitrogens with zero attached hydrogens (tertiary/aromatic N) is 1. The molecule has 1 aromatic rings. The van der Waals surface area contributed by atoms with Crippen LogP contribution in [-0.2, 0) is 9.53 Å². The first kappa shape index (κ1) is 18.6. The topological polar surface area (TPSA) is 89.1 Å². The maximum Gasteiger partial charge on any atom is 0.231 e. The minimum atomic E-state index is -0.421. The summed E-state index contributed by atoms with van der Waals surface area (Å²) >= 11 is 0. The molecule has 26 heavy (non-hydrogen) atoms. The van der Waals surface area contributed by atoms with Crippen molar-refractivity contribution in [1.29, 1.82) is 0 Å². The Morgan fingerprint density at radius 2 is 1.96 bits per heavy atom. The minimum Gasteiger partial charge on any atom is -0.454 e. The molecule has 0 saturated carbocycles. The summed E-state index contributed by atoms with van der Waals surface area (Å²) in [4.78, 5) is 26.6. The summed E-state index contributed by atoms with van der Waals surface area (Å²) in [5, 5.41) is 5.83. The summed E-state index contributed by atoms with van der Waals surface area (Å²) in [6.07, 6.45) is 0.437. The van der Waals surface area contributed by atoms with Crippen LogP contribution < -0.4 is 20.1 Å². The molecule has 1 amide bonds. The van der Waals surface area contributed by atoms with E-state index in [4.69, 9.17) is 14.2 Å². The fourth-order valence-corrected chi connectivity index (χ4v) is 2.87. The third-order valence-corrected chi connectivity index (χ3v) is 4.50. The molecule has 3 rings (SSSR count). The third-order valence-electron chi connectivity index (χ3n) is 4.50. The maximum absolute atomic E-state index is 12.5. The highest BCUT2D eigenvalue weighted by atomic mass is 16.7. The summed E-state index contributed by atoms with van der Waals surface area (Å²) in [6.45, 7) is 6.11. The smallest absolute Gasteiger partial charge is 0.231 e. The van der Waals surface area contributed by atoms with E-state index >= 15 is 0 Å². The number of Topliss-reactive ketones (excluding diaryl/α,β-unsaturated/α-hetero) is 1. The maximum atomic E-state index is 12.5. The first-order chi connectivity index (χ1) is 12.6. The van der Waals surface area contributed by atoms with Crippen molar-refractivity contribution in [3.8, 4) is 11.5 Å². The molecule has 1 unspecified atom stereocenters. The third kappa shape index (κ3) is 4.94. The minimum absolute atomic E-state index is 0.0354. The van der Waals surface area contributed by atoms with Gasteiger partial charge in [-0.05, 0) is 25.1 Å². The Bertz CT molecular complexity index is 646. The molecule has 1 atom stereocenters. The van der Waals surface area contributed by atoms with Crippen LogP contribution in [0.4, 0.5) is 0 Å². The lowest BCUT2D eigenvalue weighted by Crippen LogP contribution is -2.43. The van der Waals surface area contributed by atoms with E-state index in [-0.39, 0.29) is 25.2 Å². The SMILES string of the molecule is CC(NCNC(=O)CCN1CCOCC1)C(=O)c1ccc2c(c1)OCO2. The number of amides is 1. The van der Waals surface area contributed by atoms with Crippen molar-refractivity contribution in [3.63, 3.8) is 0 Å². The van der Waals surface area contributed by atoms with E-state index in [0.717, 1.165) is 32.8 Å². The van der Waals surface area contributed by atoms with Crippen LogP contribution in [0, 0.1) is 0 Å². The number of carbonyl (C=O) groups is 2. The van der Waals surface area contributed by atoms with Crippen LogP contribution in [0.1, 0.15) is 23.7 Å². The van der Waals surface area contributed by atoms with Gasteiger partial charge in [-0.3, -0.25) is 19.8 Å². The van der Waals surface area contributed by atoms with Crippen molar-refractivity contribution in [2.24, 2.45) is 0 Å². The van der Waals surface area contributed by atoms with Crippen LogP contribution in [0.3, 0.4) is 0 Å². The summed E-state index contributed by atoms with van der Waals surface area (Å²) in [7, 11) is 0. The lowest BCUT2D eigenvalue weighted by Gasteiger charge is -2.26. The number of benzene rings is 1. The molecule has 2 aliphatic heterocycles. The van der Waals surface area contributed by atoms with Crippen molar-refractivity contribution < 1.29 is 23.8 Å². The van der Waals surface area contributed by atoms with E-state index in [1.54, 1.807) is 25.1 Å². The highest BCUT2D eigenvalue weighted by molar-refractivity contribution is 6.00. The number of morpholine rings is 1. The van der Waals surface area contributed by atoms with Gasteiger partial charge in [-0.2, -0.15) is 0 Å². The van der Waals surface area contributed by atoms with Gasteiger partial charge in [-0.15, -0.1) is 0 Å². The average Bonchev–Trinajstić information content (AvgIpc) is 3.14. The molecule has 2 heterocycles. The molecule has 8 heteroatoms. The number of nitrogens with one attached hydrogen (secondary N) is 2. The summed E-state index contributed by atoms with van der Waals surface area (Å²) in [5.41, 5.74) is 0.549. The zero-order valence-electron chi connectivity index (χ0n) is 15.0. The summed E-state index contributed by atoms with van der Waals surface area (Å²) in [6, 6.07) is 4.71. The Balaban J connectivity index is 1.37. The number of rotatable bonds is 8. The monoisotopic (exact) mass is 363 g/mol. The number of hydrogen-bond acceptors (Lipinski definition) is 7. The van der Waals surface area contributed by atoms with Crippen LogP contribution in [0.25, 0.3) is 0 Å². The standard InChI is InChI=1S/C18H25N3O5/c1-13(18(23)14-2-3-15-16(10-14)26-12-25-15)19-11-20-17(22)4-5-21-6-8-24-9-7-21/h2-3,10,13,19H,4-9,11-12H2,1H3,(H,20,22). The van der Waals surface area contributed by atoms with Crippen LogP contribution in [0.5, 0.6) is 11.5 Å². The average molecular weight is 363 g/mol. The Hall–Kier alpha value is -2.16. The van der Waals surface area contributed by atoms with Gasteiger partial charge in [0.05, 0.1) is 25.9 Å². The number of fused-ring (bicyclic) bond motifs is 1. The Morgan fingerprint density at radius 3 is 2.77 bits per heavy atom. The molecule has 0 radical (unpaired) electrons. The highest BCUT2D eigenvalue weighted by Crippen LogP contribution is 2.32. The van der Waals surface area contributed by atoms with Crippen molar-refractivity contribution in [2.75, 3.05) is 46.3 Å². The Labute approximate surface area is 152 Å². The second kappa shape index (κ2) is 8.98. The molecule has 8 nitrogen and oxygen atoms in total. The largest absolute Gasteiger partial charge is 0.454 e. The van der Waals surface area contributed by atoms with Crippen molar-refractivity contribution in [3.05, 3.63) is 23.8 Å². The molecule has 0 spiro atoms. The summed E-state index contributed by atoms with van der Waals surface area (Å²) in [5.74, 6) is 1.13. The lowest BCUT2D eigenvalue weighted by atomic mass is 10.1. The number of carbonyl (C=O) groups excluding carboxylic acids is 2. The zero-order chi connectivity index (χ0) is 18.4. The van der Waals surface area contributed by atoms with Gasteiger partial charge in [0.2, 0.25) is 12.7 Å². The molecule has 0 aromatic heterocycles. The van der Waals surface area contributed by atoms with E-state index < -0.39 is 6.04 Å². The van der Waals surface area contributed by atoms with E-state index in [1.165, 1.54) is 0 Å². The van der Waals surface area contributed by atoms with E-state index in [2.05, 4.69) is 15.5 Å². The van der Waals surface area contributed by atoms with Gasteiger partial charge in [0.1, 0.15) is 0 Å². The molecule has 1 saturated heterocycles. The van der Waals surface area contributed by atoms with Gasteiger partial charge in [-0.1, -0.05) is 0 Å². The van der Waals surface area contributed by atoms with Gasteiger partial charge in [0.15, 0.2) is 17.3 Å². The normalized spacial score (nSPS) is 17.7. The first-order valence-electron chi connectivity index (χ1n) is 8.87.